The van der Waals surface area contributed by atoms with Gasteiger partial charge in [-0.15, -0.1) is 0 Å². The summed E-state index contributed by atoms with van der Waals surface area (Å²) in [5.74, 6) is -0.947. The first-order chi connectivity index (χ1) is 10.9. The van der Waals surface area contributed by atoms with Crippen molar-refractivity contribution in [1.29, 1.82) is 0 Å². The summed E-state index contributed by atoms with van der Waals surface area (Å²) in [5, 5.41) is 0. The molecular weight excluding hydrogens is 323 g/mol. The number of carbonyl (C=O) groups is 1. The topological polar surface area (TPSA) is 66.9 Å². The number of hydrogen-bond acceptors (Lipinski definition) is 4. The molecule has 2 heterocycles. The van der Waals surface area contributed by atoms with Crippen molar-refractivity contribution in [2.24, 2.45) is 0 Å². The number of piperazine rings is 1. The van der Waals surface area contributed by atoms with Gasteiger partial charge in [-0.05, 0) is 38.0 Å². The minimum Gasteiger partial charge on any atom is -0.494 e. The molecule has 126 valence electrons. The lowest BCUT2D eigenvalue weighted by Gasteiger charge is -2.40. The molecule has 2 fully saturated rings. The average molecular weight is 342 g/mol. The van der Waals surface area contributed by atoms with Crippen LogP contribution >= 0.6 is 0 Å². The molecule has 23 heavy (non-hydrogen) atoms. The van der Waals surface area contributed by atoms with Crippen LogP contribution in [-0.4, -0.2) is 55.8 Å². The van der Waals surface area contributed by atoms with Crippen molar-refractivity contribution in [1.82, 2.24) is 9.21 Å². The maximum absolute atomic E-state index is 13.9. The van der Waals surface area contributed by atoms with E-state index in [1.165, 1.54) is 23.5 Å². The van der Waals surface area contributed by atoms with E-state index in [2.05, 4.69) is 0 Å². The van der Waals surface area contributed by atoms with E-state index in [-0.39, 0.29) is 29.1 Å². The van der Waals surface area contributed by atoms with Crippen molar-refractivity contribution in [3.05, 3.63) is 24.0 Å². The van der Waals surface area contributed by atoms with Gasteiger partial charge in [-0.25, -0.2) is 12.8 Å². The Bertz CT molecular complexity index is 737. The van der Waals surface area contributed by atoms with Gasteiger partial charge < -0.3 is 9.64 Å². The molecule has 1 aromatic rings. The van der Waals surface area contributed by atoms with E-state index >= 15 is 0 Å². The Morgan fingerprint density at radius 1 is 1.35 bits per heavy atom. The second-order valence-electron chi connectivity index (χ2n) is 5.87. The summed E-state index contributed by atoms with van der Waals surface area (Å²) in [6.45, 7) is 2.51. The molecule has 0 aromatic heterocycles. The van der Waals surface area contributed by atoms with Gasteiger partial charge in [-0.1, -0.05) is 0 Å². The Balaban J connectivity index is 1.95. The molecule has 0 bridgehead atoms. The molecular formula is C15H19FN2O4S. The first-order valence-electron chi connectivity index (χ1n) is 7.52. The summed E-state index contributed by atoms with van der Waals surface area (Å²) < 4.78 is 45.5. The lowest BCUT2D eigenvalue weighted by Crippen LogP contribution is -2.59. The minimum atomic E-state index is -3.94. The van der Waals surface area contributed by atoms with E-state index in [9.17, 15) is 17.6 Å². The number of nitrogens with zero attached hydrogens (tertiary/aromatic N) is 2. The third-order valence-electron chi connectivity index (χ3n) is 4.57. The third-order valence-corrected chi connectivity index (χ3v) is 6.50. The number of carbonyl (C=O) groups excluding carboxylic acids is 1. The van der Waals surface area contributed by atoms with Gasteiger partial charge in [0.05, 0.1) is 12.0 Å². The van der Waals surface area contributed by atoms with Crippen molar-refractivity contribution < 1.29 is 22.3 Å². The zero-order valence-electron chi connectivity index (χ0n) is 13.0. The number of benzene rings is 1. The first-order valence-corrected chi connectivity index (χ1v) is 8.96. The maximum Gasteiger partial charge on any atom is 0.243 e. The van der Waals surface area contributed by atoms with E-state index in [0.29, 0.717) is 6.54 Å². The molecule has 0 radical (unpaired) electrons. The summed E-state index contributed by atoms with van der Waals surface area (Å²) in [5.41, 5.74) is 0. The fraction of sp³-hybridized carbons (Fsp3) is 0.533. The van der Waals surface area contributed by atoms with Gasteiger partial charge in [-0.2, -0.15) is 4.31 Å². The Labute approximate surface area is 134 Å². The molecule has 2 saturated heterocycles. The first kappa shape index (κ1) is 16.2. The zero-order valence-corrected chi connectivity index (χ0v) is 13.8. The molecule has 0 aliphatic carbocycles. The zero-order chi connectivity index (χ0) is 16.8. The Morgan fingerprint density at radius 3 is 2.74 bits per heavy atom. The molecule has 0 spiro atoms. The smallest absolute Gasteiger partial charge is 0.243 e. The number of ether oxygens (including phenoxy) is 1. The van der Waals surface area contributed by atoms with Crippen LogP contribution in [-0.2, 0) is 14.8 Å². The summed E-state index contributed by atoms with van der Waals surface area (Å²) in [4.78, 5) is 14.0. The van der Waals surface area contributed by atoms with Crippen LogP contribution in [0.3, 0.4) is 0 Å². The van der Waals surface area contributed by atoms with Gasteiger partial charge in [-0.3, -0.25) is 4.79 Å². The molecule has 3 rings (SSSR count). The van der Waals surface area contributed by atoms with E-state index in [4.69, 9.17) is 4.74 Å². The standard InChI is InChI=1S/C15H19FN2O4S/c1-10-15(19)17-7-3-4-11(17)9-18(10)23(20,21)12-5-6-14(22-2)13(16)8-12/h5-6,8,10-11H,3-4,7,9H2,1-2H3/t10-,11-/m1/s1. The fourth-order valence-electron chi connectivity index (χ4n) is 3.29. The number of halogens is 1. The predicted octanol–water partition coefficient (Wildman–Crippen LogP) is 1.22. The van der Waals surface area contributed by atoms with Gasteiger partial charge in [0.1, 0.15) is 6.04 Å². The van der Waals surface area contributed by atoms with Crippen LogP contribution in [0.4, 0.5) is 4.39 Å². The second-order valence-corrected chi connectivity index (χ2v) is 7.77. The van der Waals surface area contributed by atoms with Crippen molar-refractivity contribution >= 4 is 15.9 Å². The van der Waals surface area contributed by atoms with Crippen LogP contribution in [0.2, 0.25) is 0 Å². The number of rotatable bonds is 3. The normalized spacial score (nSPS) is 25.5. The lowest BCUT2D eigenvalue weighted by molar-refractivity contribution is -0.139. The number of sulfonamides is 1. The van der Waals surface area contributed by atoms with E-state index in [1.807, 2.05) is 0 Å². The van der Waals surface area contributed by atoms with Crippen LogP contribution in [0.5, 0.6) is 5.75 Å². The fourth-order valence-corrected chi connectivity index (χ4v) is 4.93. The molecule has 0 unspecified atom stereocenters. The van der Waals surface area contributed by atoms with Gasteiger partial charge in [0.15, 0.2) is 11.6 Å². The molecule has 2 aliphatic heterocycles. The summed E-state index contributed by atoms with van der Waals surface area (Å²) in [7, 11) is -2.63. The van der Waals surface area contributed by atoms with E-state index < -0.39 is 21.9 Å². The quantitative estimate of drug-likeness (QED) is 0.828. The molecule has 1 aromatic carbocycles. The van der Waals surface area contributed by atoms with Gasteiger partial charge in [0.25, 0.3) is 0 Å². The highest BCUT2D eigenvalue weighted by molar-refractivity contribution is 7.89. The number of amides is 1. The Kier molecular flexibility index (Phi) is 4.05. The van der Waals surface area contributed by atoms with Crippen LogP contribution in [0.25, 0.3) is 0 Å². The molecule has 2 atom stereocenters. The number of methoxy groups -OCH3 is 1. The second kappa shape index (κ2) is 5.76. The number of hydrogen-bond donors (Lipinski definition) is 0. The highest BCUT2D eigenvalue weighted by atomic mass is 32.2. The van der Waals surface area contributed by atoms with E-state index in [0.717, 1.165) is 18.9 Å². The van der Waals surface area contributed by atoms with Crippen LogP contribution in [0.15, 0.2) is 23.1 Å². The predicted molar refractivity (Wildman–Crippen MR) is 81.0 cm³/mol. The molecule has 0 N–H and O–H groups in total. The Morgan fingerprint density at radius 2 is 2.09 bits per heavy atom. The average Bonchev–Trinajstić information content (AvgIpc) is 2.99. The van der Waals surface area contributed by atoms with E-state index in [1.54, 1.807) is 11.8 Å². The largest absolute Gasteiger partial charge is 0.494 e. The van der Waals surface area contributed by atoms with Crippen molar-refractivity contribution in [2.45, 2.75) is 36.7 Å². The van der Waals surface area contributed by atoms with Crippen molar-refractivity contribution in [2.75, 3.05) is 20.2 Å². The van der Waals surface area contributed by atoms with Crippen molar-refractivity contribution in [3.63, 3.8) is 0 Å². The van der Waals surface area contributed by atoms with Crippen LogP contribution < -0.4 is 4.74 Å². The summed E-state index contributed by atoms with van der Waals surface area (Å²) in [6.07, 6.45) is 1.68. The van der Waals surface area contributed by atoms with Crippen LogP contribution in [0, 0.1) is 5.82 Å². The lowest BCUT2D eigenvalue weighted by atomic mass is 10.1. The van der Waals surface area contributed by atoms with Crippen LogP contribution in [0.1, 0.15) is 19.8 Å². The Hall–Kier alpha value is -1.67. The summed E-state index contributed by atoms with van der Waals surface area (Å²) in [6, 6.07) is 2.65. The van der Waals surface area contributed by atoms with Gasteiger partial charge >= 0.3 is 0 Å². The molecule has 0 saturated carbocycles. The maximum atomic E-state index is 13.9. The highest BCUT2D eigenvalue weighted by Crippen LogP contribution is 2.31. The number of fused-ring (bicyclic) bond motifs is 1. The van der Waals surface area contributed by atoms with Gasteiger partial charge in [0.2, 0.25) is 15.9 Å². The monoisotopic (exact) mass is 342 g/mol. The summed E-state index contributed by atoms with van der Waals surface area (Å²) >= 11 is 0. The molecule has 8 heteroatoms. The van der Waals surface area contributed by atoms with Crippen molar-refractivity contribution in [3.8, 4) is 5.75 Å². The van der Waals surface area contributed by atoms with Gasteiger partial charge in [0, 0.05) is 19.1 Å². The molecule has 1 amide bonds. The highest BCUT2D eigenvalue weighted by Gasteiger charge is 2.45. The SMILES string of the molecule is COc1ccc(S(=O)(=O)N2C[C@H]3CCCN3C(=O)[C@H]2C)cc1F. The molecule has 2 aliphatic rings. The minimum absolute atomic E-state index is 0.0197. The third kappa shape index (κ3) is 2.59. The molecule has 6 nitrogen and oxygen atoms in total.